The molecule has 1 aliphatic rings. The van der Waals surface area contributed by atoms with E-state index in [1.807, 2.05) is 18.2 Å². The van der Waals surface area contributed by atoms with Crippen molar-refractivity contribution in [1.82, 2.24) is 9.66 Å². The Morgan fingerprint density at radius 3 is 2.62 bits per heavy atom. The number of benzene rings is 1. The Labute approximate surface area is 124 Å². The molecule has 3 rings (SSSR count). The number of hydrogen-bond donors (Lipinski definition) is 2. The molecule has 2 aromatic rings. The molecule has 0 atom stereocenters. The van der Waals surface area contributed by atoms with Crippen molar-refractivity contribution in [3.8, 4) is 17.3 Å². The Kier molecular flexibility index (Phi) is 3.53. The van der Waals surface area contributed by atoms with Crippen molar-refractivity contribution in [2.75, 3.05) is 11.6 Å². The standard InChI is InChI=1S/C16H19N5/c17-10-12-8-4-5-9-13(12)14-15(18)21(19)16(20-14)11-6-2-1-3-7-11/h4-5,8-9,11H,1-3,6-7,18-19H2. The van der Waals surface area contributed by atoms with E-state index in [1.54, 1.807) is 6.07 Å². The quantitative estimate of drug-likeness (QED) is 0.828. The molecule has 1 aliphatic carbocycles. The third-order valence-electron chi connectivity index (χ3n) is 4.25. The van der Waals surface area contributed by atoms with Crippen LogP contribution in [0.25, 0.3) is 11.3 Å². The minimum absolute atomic E-state index is 0.369. The van der Waals surface area contributed by atoms with Crippen LogP contribution < -0.4 is 11.6 Å². The van der Waals surface area contributed by atoms with Gasteiger partial charge >= 0.3 is 0 Å². The van der Waals surface area contributed by atoms with Crippen LogP contribution in [0, 0.1) is 11.3 Å². The third kappa shape index (κ3) is 2.33. The molecule has 1 heterocycles. The van der Waals surface area contributed by atoms with Gasteiger partial charge in [0.1, 0.15) is 11.5 Å². The van der Waals surface area contributed by atoms with Gasteiger partial charge in [-0.15, -0.1) is 0 Å². The Bertz CT molecular complexity index is 689. The first kappa shape index (κ1) is 13.5. The van der Waals surface area contributed by atoms with Crippen LogP contribution >= 0.6 is 0 Å². The first-order chi connectivity index (χ1) is 10.2. The van der Waals surface area contributed by atoms with E-state index in [0.29, 0.717) is 23.0 Å². The number of nitrogens with zero attached hydrogens (tertiary/aromatic N) is 3. The van der Waals surface area contributed by atoms with E-state index < -0.39 is 0 Å². The van der Waals surface area contributed by atoms with Gasteiger partial charge in [-0.05, 0) is 18.9 Å². The van der Waals surface area contributed by atoms with Gasteiger partial charge < -0.3 is 11.6 Å². The maximum Gasteiger partial charge on any atom is 0.150 e. The Morgan fingerprint density at radius 1 is 1.19 bits per heavy atom. The molecule has 0 spiro atoms. The first-order valence-corrected chi connectivity index (χ1v) is 7.35. The van der Waals surface area contributed by atoms with E-state index in [1.165, 1.54) is 23.9 Å². The highest BCUT2D eigenvalue weighted by molar-refractivity contribution is 5.76. The van der Waals surface area contributed by atoms with E-state index in [-0.39, 0.29) is 0 Å². The Morgan fingerprint density at radius 2 is 1.90 bits per heavy atom. The molecule has 5 nitrogen and oxygen atoms in total. The van der Waals surface area contributed by atoms with Gasteiger partial charge in [-0.2, -0.15) is 5.26 Å². The SMILES string of the molecule is N#Cc1ccccc1-c1nc(C2CCCCC2)n(N)c1N. The highest BCUT2D eigenvalue weighted by Gasteiger charge is 2.24. The summed E-state index contributed by atoms with van der Waals surface area (Å²) >= 11 is 0. The number of anilines is 1. The summed E-state index contributed by atoms with van der Waals surface area (Å²) in [6, 6.07) is 9.53. The molecule has 1 aromatic carbocycles. The molecular formula is C16H19N5. The molecule has 0 bridgehead atoms. The lowest BCUT2D eigenvalue weighted by Crippen LogP contribution is -2.19. The normalized spacial score (nSPS) is 15.8. The van der Waals surface area contributed by atoms with E-state index >= 15 is 0 Å². The van der Waals surface area contributed by atoms with Gasteiger partial charge in [0.05, 0.1) is 11.6 Å². The number of nitrogen functional groups attached to an aromatic ring is 2. The zero-order valence-corrected chi connectivity index (χ0v) is 11.9. The molecule has 0 aliphatic heterocycles. The average molecular weight is 281 g/mol. The number of nitriles is 1. The molecule has 0 radical (unpaired) electrons. The minimum atomic E-state index is 0.369. The monoisotopic (exact) mass is 281 g/mol. The van der Waals surface area contributed by atoms with E-state index in [9.17, 15) is 5.26 Å². The fourth-order valence-corrected chi connectivity index (χ4v) is 3.10. The first-order valence-electron chi connectivity index (χ1n) is 7.35. The predicted molar refractivity (Wildman–Crippen MR) is 82.8 cm³/mol. The largest absolute Gasteiger partial charge is 0.382 e. The van der Waals surface area contributed by atoms with Gasteiger partial charge in [-0.1, -0.05) is 37.5 Å². The van der Waals surface area contributed by atoms with Crippen LogP contribution in [0.5, 0.6) is 0 Å². The average Bonchev–Trinajstić information content (AvgIpc) is 2.84. The fraction of sp³-hybridized carbons (Fsp3) is 0.375. The summed E-state index contributed by atoms with van der Waals surface area (Å²) in [6.45, 7) is 0. The van der Waals surface area contributed by atoms with Gasteiger partial charge in [0.25, 0.3) is 0 Å². The van der Waals surface area contributed by atoms with Crippen molar-refractivity contribution < 1.29 is 0 Å². The molecule has 108 valence electrons. The van der Waals surface area contributed by atoms with Gasteiger partial charge in [-0.25, -0.2) is 9.66 Å². The smallest absolute Gasteiger partial charge is 0.150 e. The Hall–Kier alpha value is -2.48. The maximum atomic E-state index is 9.24. The summed E-state index contributed by atoms with van der Waals surface area (Å²) < 4.78 is 1.50. The van der Waals surface area contributed by atoms with Crippen molar-refractivity contribution in [2.24, 2.45) is 0 Å². The summed E-state index contributed by atoms with van der Waals surface area (Å²) in [4.78, 5) is 4.67. The van der Waals surface area contributed by atoms with Gasteiger partial charge in [0.15, 0.2) is 5.82 Å². The Balaban J connectivity index is 2.06. The number of nitrogens with two attached hydrogens (primary N) is 2. The fourth-order valence-electron chi connectivity index (χ4n) is 3.10. The molecule has 0 amide bonds. The van der Waals surface area contributed by atoms with Gasteiger partial charge in [-0.3, -0.25) is 0 Å². The highest BCUT2D eigenvalue weighted by atomic mass is 15.4. The minimum Gasteiger partial charge on any atom is -0.382 e. The van der Waals surface area contributed by atoms with Crippen LogP contribution in [-0.4, -0.2) is 9.66 Å². The second-order valence-electron chi connectivity index (χ2n) is 5.57. The number of aromatic nitrogens is 2. The van der Waals surface area contributed by atoms with E-state index in [4.69, 9.17) is 11.6 Å². The second kappa shape index (κ2) is 5.49. The third-order valence-corrected chi connectivity index (χ3v) is 4.25. The lowest BCUT2D eigenvalue weighted by molar-refractivity contribution is 0.424. The van der Waals surface area contributed by atoms with Crippen molar-refractivity contribution in [1.29, 1.82) is 5.26 Å². The number of imidazole rings is 1. The highest BCUT2D eigenvalue weighted by Crippen LogP contribution is 2.35. The summed E-state index contributed by atoms with van der Waals surface area (Å²) in [5.74, 6) is 7.75. The molecule has 0 unspecified atom stereocenters. The lowest BCUT2D eigenvalue weighted by atomic mass is 9.89. The zero-order chi connectivity index (χ0) is 14.8. The molecular weight excluding hydrogens is 262 g/mol. The molecule has 0 saturated heterocycles. The molecule has 1 saturated carbocycles. The van der Waals surface area contributed by atoms with Crippen LogP contribution in [0.1, 0.15) is 49.4 Å². The van der Waals surface area contributed by atoms with Crippen LogP contribution in [0.3, 0.4) is 0 Å². The molecule has 1 fully saturated rings. The van der Waals surface area contributed by atoms with Crippen LogP contribution in [-0.2, 0) is 0 Å². The van der Waals surface area contributed by atoms with Gasteiger partial charge in [0.2, 0.25) is 0 Å². The summed E-state index contributed by atoms with van der Waals surface area (Å²) in [5, 5.41) is 9.24. The summed E-state index contributed by atoms with van der Waals surface area (Å²) in [7, 11) is 0. The maximum absolute atomic E-state index is 9.24. The number of rotatable bonds is 2. The lowest BCUT2D eigenvalue weighted by Gasteiger charge is -2.20. The van der Waals surface area contributed by atoms with Gasteiger partial charge in [0, 0.05) is 11.5 Å². The predicted octanol–water partition coefficient (Wildman–Crippen LogP) is 2.77. The molecule has 1 aromatic heterocycles. The van der Waals surface area contributed by atoms with Crippen molar-refractivity contribution in [3.05, 3.63) is 35.7 Å². The number of hydrogen-bond acceptors (Lipinski definition) is 4. The van der Waals surface area contributed by atoms with Crippen molar-refractivity contribution in [2.45, 2.75) is 38.0 Å². The second-order valence-corrected chi connectivity index (χ2v) is 5.57. The zero-order valence-electron chi connectivity index (χ0n) is 11.9. The summed E-state index contributed by atoms with van der Waals surface area (Å²) in [5.41, 5.74) is 8.07. The molecule has 5 heteroatoms. The van der Waals surface area contributed by atoms with E-state index in [2.05, 4.69) is 11.1 Å². The van der Waals surface area contributed by atoms with Crippen molar-refractivity contribution in [3.63, 3.8) is 0 Å². The molecule has 4 N–H and O–H groups in total. The van der Waals surface area contributed by atoms with E-state index in [0.717, 1.165) is 24.2 Å². The topological polar surface area (TPSA) is 93.6 Å². The van der Waals surface area contributed by atoms with Crippen LogP contribution in [0.15, 0.2) is 24.3 Å². The van der Waals surface area contributed by atoms with Crippen molar-refractivity contribution >= 4 is 5.82 Å². The molecule has 21 heavy (non-hydrogen) atoms. The van der Waals surface area contributed by atoms with Crippen LogP contribution in [0.4, 0.5) is 5.82 Å². The van der Waals surface area contributed by atoms with Crippen LogP contribution in [0.2, 0.25) is 0 Å². The summed E-state index contributed by atoms with van der Waals surface area (Å²) in [6.07, 6.45) is 5.91.